The second kappa shape index (κ2) is 21.3. The number of esters is 2. The van der Waals surface area contributed by atoms with E-state index in [1.807, 2.05) is 54.6 Å². The SMILES string of the molecule is CCCN(CCN(C)C(=O)CCC(=O)OCC)Cc1cccc(C(=O)Nc2sc3c(c2C(=O)Nc2ccc(CCc4ccc(C(=O)OC)cc4)cc2)CCCC3)c1. The zero-order valence-electron chi connectivity index (χ0n) is 33.5. The predicted molar refractivity (Wildman–Crippen MR) is 224 cm³/mol. The number of aryl methyl sites for hydroxylation is 3. The van der Waals surface area contributed by atoms with Crippen LogP contribution >= 0.6 is 11.3 Å². The number of fused-ring (bicyclic) bond motifs is 1. The highest BCUT2D eigenvalue weighted by atomic mass is 32.1. The van der Waals surface area contributed by atoms with Gasteiger partial charge in [0, 0.05) is 49.2 Å². The van der Waals surface area contributed by atoms with E-state index in [2.05, 4.69) is 22.5 Å². The predicted octanol–water partition coefficient (Wildman–Crippen LogP) is 7.72. The van der Waals surface area contributed by atoms with Gasteiger partial charge in [-0.1, -0.05) is 43.3 Å². The summed E-state index contributed by atoms with van der Waals surface area (Å²) in [6.45, 7) is 6.71. The number of thiophene rings is 1. The molecule has 0 atom stereocenters. The summed E-state index contributed by atoms with van der Waals surface area (Å²) in [5.41, 5.74) is 6.45. The van der Waals surface area contributed by atoms with Gasteiger partial charge in [-0.3, -0.25) is 24.1 Å². The second-order valence-electron chi connectivity index (χ2n) is 14.3. The maximum atomic E-state index is 13.9. The van der Waals surface area contributed by atoms with Gasteiger partial charge in [-0.15, -0.1) is 11.3 Å². The minimum atomic E-state index is -0.369. The molecule has 0 bridgehead atoms. The number of nitrogens with one attached hydrogen (secondary N) is 2. The fraction of sp³-hybridized carbons (Fsp3) is 0.400. The van der Waals surface area contributed by atoms with Crippen LogP contribution in [0.15, 0.2) is 72.8 Å². The van der Waals surface area contributed by atoms with Crippen LogP contribution in [-0.4, -0.2) is 79.9 Å². The highest BCUT2D eigenvalue weighted by Crippen LogP contribution is 2.39. The highest BCUT2D eigenvalue weighted by molar-refractivity contribution is 7.17. The van der Waals surface area contributed by atoms with Crippen molar-refractivity contribution >= 4 is 51.7 Å². The van der Waals surface area contributed by atoms with Gasteiger partial charge in [0.05, 0.1) is 31.3 Å². The lowest BCUT2D eigenvalue weighted by Crippen LogP contribution is -2.36. The average Bonchev–Trinajstić information content (AvgIpc) is 3.59. The first kappa shape index (κ1) is 42.8. The van der Waals surface area contributed by atoms with E-state index in [0.29, 0.717) is 53.6 Å². The molecular weight excluding hydrogens is 741 g/mol. The molecule has 5 rings (SSSR count). The van der Waals surface area contributed by atoms with Crippen LogP contribution < -0.4 is 10.6 Å². The van der Waals surface area contributed by atoms with Crippen molar-refractivity contribution in [3.63, 3.8) is 0 Å². The van der Waals surface area contributed by atoms with Crippen LogP contribution in [0.1, 0.15) is 104 Å². The minimum Gasteiger partial charge on any atom is -0.466 e. The third-order valence-electron chi connectivity index (χ3n) is 10.1. The molecule has 57 heavy (non-hydrogen) atoms. The number of hydrogen-bond donors (Lipinski definition) is 2. The van der Waals surface area contributed by atoms with Gasteiger partial charge >= 0.3 is 11.9 Å². The zero-order chi connectivity index (χ0) is 40.7. The molecule has 302 valence electrons. The number of carbonyl (C=O) groups is 5. The van der Waals surface area contributed by atoms with Crippen LogP contribution in [0.3, 0.4) is 0 Å². The standard InChI is InChI=1S/C45H54N4O7S/c1-5-26-49(28-27-48(3)39(50)24-25-40(51)56-6-2)30-33-10-9-11-35(29-33)42(52)47-44-41(37-12-7-8-13-38(37)57-44)43(53)46-36-22-18-32(19-23-36)15-14-31-16-20-34(21-17-31)45(54)55-4/h9-11,16-23,29H,5-8,12-15,24-28,30H2,1-4H3,(H,46,53)(H,47,52). The minimum absolute atomic E-state index is 0.0687. The summed E-state index contributed by atoms with van der Waals surface area (Å²) in [6.07, 6.45) is 6.42. The van der Waals surface area contributed by atoms with Crippen LogP contribution in [0.25, 0.3) is 0 Å². The first-order valence-corrected chi connectivity index (χ1v) is 20.6. The molecule has 3 amide bonds. The number of methoxy groups -OCH3 is 1. The number of benzene rings is 3. The number of likely N-dealkylation sites (N-methyl/N-ethyl adjacent to an activating group) is 1. The van der Waals surface area contributed by atoms with E-state index in [1.165, 1.54) is 18.4 Å². The quantitative estimate of drug-likeness (QED) is 0.0923. The van der Waals surface area contributed by atoms with Crippen LogP contribution in [0.4, 0.5) is 10.7 Å². The number of amides is 3. The molecule has 0 aliphatic heterocycles. The lowest BCUT2D eigenvalue weighted by molar-refractivity contribution is -0.145. The van der Waals surface area contributed by atoms with Crippen LogP contribution in [0, 0.1) is 0 Å². The van der Waals surface area contributed by atoms with E-state index in [9.17, 15) is 24.0 Å². The summed E-state index contributed by atoms with van der Waals surface area (Å²) in [6, 6.07) is 22.8. The largest absolute Gasteiger partial charge is 0.466 e. The average molecular weight is 795 g/mol. The topological polar surface area (TPSA) is 134 Å². The van der Waals surface area contributed by atoms with Crippen molar-refractivity contribution < 1.29 is 33.4 Å². The Kier molecular flexibility index (Phi) is 16.0. The molecule has 1 aliphatic rings. The summed E-state index contributed by atoms with van der Waals surface area (Å²) >= 11 is 1.49. The molecule has 11 nitrogen and oxygen atoms in total. The van der Waals surface area contributed by atoms with E-state index in [-0.39, 0.29) is 42.5 Å². The number of ether oxygens (including phenoxy) is 2. The Labute approximate surface area is 339 Å². The molecule has 1 aliphatic carbocycles. The normalized spacial score (nSPS) is 12.1. The van der Waals surface area contributed by atoms with Crippen molar-refractivity contribution in [2.24, 2.45) is 0 Å². The van der Waals surface area contributed by atoms with Gasteiger partial charge in [-0.25, -0.2) is 4.79 Å². The molecule has 0 fully saturated rings. The molecule has 3 aromatic carbocycles. The number of hydrogen-bond acceptors (Lipinski definition) is 9. The molecule has 1 heterocycles. The molecule has 0 saturated heterocycles. The molecule has 0 radical (unpaired) electrons. The van der Waals surface area contributed by atoms with Gasteiger partial charge in [0.25, 0.3) is 11.8 Å². The summed E-state index contributed by atoms with van der Waals surface area (Å²) in [5.74, 6) is -1.34. The number of anilines is 2. The Balaban J connectivity index is 1.20. The number of rotatable bonds is 19. The van der Waals surface area contributed by atoms with Crippen LogP contribution in [0.5, 0.6) is 0 Å². The smallest absolute Gasteiger partial charge is 0.337 e. The molecule has 0 unspecified atom stereocenters. The fourth-order valence-electron chi connectivity index (χ4n) is 6.94. The van der Waals surface area contributed by atoms with Crippen molar-refractivity contribution in [3.8, 4) is 0 Å². The van der Waals surface area contributed by atoms with Crippen molar-refractivity contribution in [3.05, 3.63) is 117 Å². The molecular formula is C45H54N4O7S. The third-order valence-corrected chi connectivity index (χ3v) is 11.3. The summed E-state index contributed by atoms with van der Waals surface area (Å²) in [5, 5.41) is 6.74. The van der Waals surface area contributed by atoms with Gasteiger partial charge < -0.3 is 25.0 Å². The number of nitrogens with zero attached hydrogens (tertiary/aromatic N) is 2. The van der Waals surface area contributed by atoms with Gasteiger partial charge in [0.1, 0.15) is 5.00 Å². The summed E-state index contributed by atoms with van der Waals surface area (Å²) in [7, 11) is 3.11. The lowest BCUT2D eigenvalue weighted by atomic mass is 9.95. The van der Waals surface area contributed by atoms with E-state index >= 15 is 0 Å². The van der Waals surface area contributed by atoms with Gasteiger partial charge in [-0.05, 0) is 117 Å². The third kappa shape index (κ3) is 12.3. The van der Waals surface area contributed by atoms with Gasteiger partial charge in [0.15, 0.2) is 0 Å². The fourth-order valence-corrected chi connectivity index (χ4v) is 8.22. The van der Waals surface area contributed by atoms with Crippen molar-refractivity contribution in [1.82, 2.24) is 9.80 Å². The lowest BCUT2D eigenvalue weighted by Gasteiger charge is -2.25. The van der Waals surface area contributed by atoms with Crippen molar-refractivity contribution in [2.45, 2.75) is 78.2 Å². The molecule has 2 N–H and O–H groups in total. The molecule has 12 heteroatoms. The first-order valence-electron chi connectivity index (χ1n) is 19.8. The number of carbonyl (C=O) groups excluding carboxylic acids is 5. The van der Waals surface area contributed by atoms with E-state index in [1.54, 1.807) is 37.1 Å². The maximum Gasteiger partial charge on any atom is 0.337 e. The Morgan fingerprint density at radius 3 is 2.14 bits per heavy atom. The van der Waals surface area contributed by atoms with Crippen LogP contribution in [0.2, 0.25) is 0 Å². The highest BCUT2D eigenvalue weighted by Gasteiger charge is 2.27. The van der Waals surface area contributed by atoms with Gasteiger partial charge in [0.2, 0.25) is 5.91 Å². The monoisotopic (exact) mass is 794 g/mol. The zero-order valence-corrected chi connectivity index (χ0v) is 34.3. The molecule has 4 aromatic rings. The van der Waals surface area contributed by atoms with Gasteiger partial charge in [-0.2, -0.15) is 0 Å². The van der Waals surface area contributed by atoms with Crippen molar-refractivity contribution in [2.75, 3.05) is 51.0 Å². The molecule has 0 saturated carbocycles. The maximum absolute atomic E-state index is 13.9. The Bertz CT molecular complexity index is 2010. The van der Waals surface area contributed by atoms with E-state index in [4.69, 9.17) is 9.47 Å². The summed E-state index contributed by atoms with van der Waals surface area (Å²) in [4.78, 5) is 68.8. The van der Waals surface area contributed by atoms with Crippen LogP contribution in [-0.2, 0) is 51.3 Å². The molecule has 0 spiro atoms. The Morgan fingerprint density at radius 1 is 0.754 bits per heavy atom. The molecule has 1 aromatic heterocycles. The summed E-state index contributed by atoms with van der Waals surface area (Å²) < 4.78 is 9.72. The van der Waals surface area contributed by atoms with E-state index < -0.39 is 0 Å². The Morgan fingerprint density at radius 2 is 1.46 bits per heavy atom. The van der Waals surface area contributed by atoms with E-state index in [0.717, 1.165) is 78.6 Å². The first-order chi connectivity index (χ1) is 27.6. The van der Waals surface area contributed by atoms with Crippen molar-refractivity contribution in [1.29, 1.82) is 0 Å². The second-order valence-corrected chi connectivity index (χ2v) is 15.4. The Hall–Kier alpha value is -5.33.